The number of thiophene rings is 1. The topological polar surface area (TPSA) is 110 Å². The number of nitrogens with one attached hydrogen (secondary N) is 2. The van der Waals surface area contributed by atoms with E-state index in [4.69, 9.17) is 9.47 Å². The van der Waals surface area contributed by atoms with Gasteiger partial charge in [0.05, 0.1) is 12.2 Å². The number of H-pyrrole nitrogens is 1. The number of carbonyl (C=O) groups is 3. The van der Waals surface area contributed by atoms with Crippen molar-refractivity contribution in [3.8, 4) is 0 Å². The second kappa shape index (κ2) is 9.86. The van der Waals surface area contributed by atoms with E-state index in [1.54, 1.807) is 19.1 Å². The number of nitrogens with zero attached hydrogens (tertiary/aromatic N) is 1. The highest BCUT2D eigenvalue weighted by Gasteiger charge is 2.20. The van der Waals surface area contributed by atoms with Crippen molar-refractivity contribution in [1.29, 1.82) is 0 Å². The third kappa shape index (κ3) is 5.65. The maximum absolute atomic E-state index is 12.1. The summed E-state index contributed by atoms with van der Waals surface area (Å²) in [5.41, 5.74) is 1.26. The number of hydrogen-bond donors (Lipinski definition) is 2. The molecular formula is C18H23N3O5S. The molecule has 0 saturated carbocycles. The number of carbonyl (C=O) groups excluding carboxylic acids is 3. The highest BCUT2D eigenvalue weighted by Crippen LogP contribution is 2.29. The minimum atomic E-state index is -0.685. The molecule has 0 fully saturated rings. The average Bonchev–Trinajstić information content (AvgIpc) is 3.27. The molecule has 0 atom stereocenters. The van der Waals surface area contributed by atoms with Crippen LogP contribution in [0.2, 0.25) is 0 Å². The van der Waals surface area contributed by atoms with E-state index in [1.165, 1.54) is 11.3 Å². The predicted octanol–water partition coefficient (Wildman–Crippen LogP) is 2.96. The zero-order valence-corrected chi connectivity index (χ0v) is 16.4. The lowest BCUT2D eigenvalue weighted by atomic mass is 10.2. The fourth-order valence-corrected chi connectivity index (χ4v) is 3.30. The summed E-state index contributed by atoms with van der Waals surface area (Å²) in [6.45, 7) is 5.44. The Hall–Kier alpha value is -2.68. The van der Waals surface area contributed by atoms with Crippen LogP contribution >= 0.6 is 11.3 Å². The molecule has 1 amide bonds. The van der Waals surface area contributed by atoms with Crippen LogP contribution in [0.4, 0.5) is 5.00 Å². The summed E-state index contributed by atoms with van der Waals surface area (Å²) in [5.74, 6) is -1.72. The van der Waals surface area contributed by atoms with Crippen molar-refractivity contribution in [1.82, 2.24) is 10.2 Å². The van der Waals surface area contributed by atoms with E-state index in [-0.39, 0.29) is 12.3 Å². The number of rotatable bonds is 9. The molecule has 0 aliphatic rings. The molecule has 2 N–H and O–H groups in total. The van der Waals surface area contributed by atoms with Crippen molar-refractivity contribution in [2.24, 2.45) is 0 Å². The highest BCUT2D eigenvalue weighted by atomic mass is 32.1. The summed E-state index contributed by atoms with van der Waals surface area (Å²) < 4.78 is 10.00. The SMILES string of the molecule is CCCc1cc(C(=O)OCC(=O)Nc2sc(CC)cc2C(=O)OCC)n[nH]1. The van der Waals surface area contributed by atoms with Gasteiger partial charge < -0.3 is 14.8 Å². The summed E-state index contributed by atoms with van der Waals surface area (Å²) in [4.78, 5) is 37.1. The number of anilines is 1. The molecule has 0 aliphatic carbocycles. The third-order valence-corrected chi connectivity index (χ3v) is 4.77. The standard InChI is InChI=1S/C18H23N3O5S/c1-4-7-11-8-14(21-20-11)18(24)26-10-15(22)19-16-13(17(23)25-6-3)9-12(5-2)27-16/h8-9H,4-7,10H2,1-3H3,(H,19,22)(H,20,21). The van der Waals surface area contributed by atoms with E-state index in [9.17, 15) is 14.4 Å². The van der Waals surface area contributed by atoms with Crippen LogP contribution < -0.4 is 5.32 Å². The number of aromatic amines is 1. The highest BCUT2D eigenvalue weighted by molar-refractivity contribution is 7.16. The van der Waals surface area contributed by atoms with E-state index in [0.717, 1.165) is 29.8 Å². The van der Waals surface area contributed by atoms with Crippen molar-refractivity contribution in [2.45, 2.75) is 40.0 Å². The van der Waals surface area contributed by atoms with E-state index < -0.39 is 24.5 Å². The van der Waals surface area contributed by atoms with Gasteiger partial charge in [0, 0.05) is 10.6 Å². The molecule has 0 spiro atoms. The lowest BCUT2D eigenvalue weighted by Gasteiger charge is -2.06. The van der Waals surface area contributed by atoms with Crippen LogP contribution in [0, 0.1) is 0 Å². The summed E-state index contributed by atoms with van der Waals surface area (Å²) in [7, 11) is 0. The summed E-state index contributed by atoms with van der Waals surface area (Å²) in [6.07, 6.45) is 2.42. The Balaban J connectivity index is 1.95. The first-order valence-electron chi connectivity index (χ1n) is 8.79. The van der Waals surface area contributed by atoms with Gasteiger partial charge in [-0.05, 0) is 31.9 Å². The van der Waals surface area contributed by atoms with Crippen LogP contribution in [0.15, 0.2) is 12.1 Å². The van der Waals surface area contributed by atoms with Crippen LogP contribution in [0.25, 0.3) is 0 Å². The van der Waals surface area contributed by atoms with E-state index >= 15 is 0 Å². The number of hydrogen-bond acceptors (Lipinski definition) is 7. The summed E-state index contributed by atoms with van der Waals surface area (Å²) in [5, 5.41) is 9.63. The lowest BCUT2D eigenvalue weighted by molar-refractivity contribution is -0.119. The van der Waals surface area contributed by atoms with Crippen molar-refractivity contribution in [3.05, 3.63) is 34.0 Å². The number of esters is 2. The number of aryl methyl sites for hydroxylation is 2. The smallest absolute Gasteiger partial charge is 0.359 e. The van der Waals surface area contributed by atoms with Crippen LogP contribution in [0.1, 0.15) is 58.6 Å². The van der Waals surface area contributed by atoms with Gasteiger partial charge in [-0.1, -0.05) is 20.3 Å². The number of aromatic nitrogens is 2. The maximum atomic E-state index is 12.1. The second-order valence-electron chi connectivity index (χ2n) is 5.68. The summed E-state index contributed by atoms with van der Waals surface area (Å²) in [6, 6.07) is 3.30. The van der Waals surface area contributed by atoms with E-state index in [2.05, 4.69) is 15.5 Å². The lowest BCUT2D eigenvalue weighted by Crippen LogP contribution is -2.21. The zero-order valence-electron chi connectivity index (χ0n) is 15.6. The van der Waals surface area contributed by atoms with Crippen LogP contribution in [-0.4, -0.2) is 41.3 Å². The molecule has 0 radical (unpaired) electrons. The first-order valence-corrected chi connectivity index (χ1v) is 9.61. The Morgan fingerprint density at radius 2 is 1.93 bits per heavy atom. The van der Waals surface area contributed by atoms with Crippen LogP contribution in [0.3, 0.4) is 0 Å². The number of amides is 1. The van der Waals surface area contributed by atoms with Crippen molar-refractivity contribution < 1.29 is 23.9 Å². The van der Waals surface area contributed by atoms with Gasteiger partial charge in [0.25, 0.3) is 5.91 Å². The van der Waals surface area contributed by atoms with Crippen LogP contribution in [-0.2, 0) is 27.1 Å². The molecule has 2 rings (SSSR count). The fourth-order valence-electron chi connectivity index (χ4n) is 2.30. The molecule has 8 nitrogen and oxygen atoms in total. The summed E-state index contributed by atoms with van der Waals surface area (Å²) >= 11 is 1.29. The van der Waals surface area contributed by atoms with Gasteiger partial charge in [0.1, 0.15) is 5.00 Å². The van der Waals surface area contributed by atoms with Gasteiger partial charge in [-0.2, -0.15) is 5.10 Å². The molecule has 0 bridgehead atoms. The average molecular weight is 393 g/mol. The van der Waals surface area contributed by atoms with Gasteiger partial charge in [0.2, 0.25) is 0 Å². The van der Waals surface area contributed by atoms with E-state index in [1.807, 2.05) is 13.8 Å². The number of ether oxygens (including phenoxy) is 2. The van der Waals surface area contributed by atoms with Gasteiger partial charge in [-0.25, -0.2) is 9.59 Å². The molecule has 0 aliphatic heterocycles. The van der Waals surface area contributed by atoms with Gasteiger partial charge >= 0.3 is 11.9 Å². The predicted molar refractivity (Wildman–Crippen MR) is 101 cm³/mol. The van der Waals surface area contributed by atoms with Crippen molar-refractivity contribution in [2.75, 3.05) is 18.5 Å². The Bertz CT molecular complexity index is 812. The second-order valence-corrected chi connectivity index (χ2v) is 6.82. The first kappa shape index (κ1) is 20.6. The molecule has 0 unspecified atom stereocenters. The third-order valence-electron chi connectivity index (χ3n) is 3.57. The van der Waals surface area contributed by atoms with Crippen molar-refractivity contribution in [3.63, 3.8) is 0 Å². The Labute approximate surface area is 161 Å². The molecule has 27 heavy (non-hydrogen) atoms. The minimum absolute atomic E-state index is 0.128. The van der Waals surface area contributed by atoms with Gasteiger partial charge in [-0.3, -0.25) is 9.89 Å². The van der Waals surface area contributed by atoms with Gasteiger partial charge in [0.15, 0.2) is 12.3 Å². The Morgan fingerprint density at radius 1 is 1.15 bits per heavy atom. The molecule has 0 saturated heterocycles. The molecule has 2 aromatic heterocycles. The molecule has 0 aromatic carbocycles. The molecular weight excluding hydrogens is 370 g/mol. The molecule has 2 aromatic rings. The monoisotopic (exact) mass is 393 g/mol. The minimum Gasteiger partial charge on any atom is -0.462 e. The molecule has 146 valence electrons. The normalized spacial score (nSPS) is 10.5. The Morgan fingerprint density at radius 3 is 2.59 bits per heavy atom. The van der Waals surface area contributed by atoms with E-state index in [0.29, 0.717) is 10.6 Å². The molecule has 9 heteroatoms. The van der Waals surface area contributed by atoms with Gasteiger partial charge in [-0.15, -0.1) is 11.3 Å². The first-order chi connectivity index (χ1) is 13.0. The van der Waals surface area contributed by atoms with Crippen LogP contribution in [0.5, 0.6) is 0 Å². The maximum Gasteiger partial charge on any atom is 0.359 e. The zero-order chi connectivity index (χ0) is 19.8. The Kier molecular flexibility index (Phi) is 7.54. The fraction of sp³-hybridized carbons (Fsp3) is 0.444. The quantitative estimate of drug-likeness (QED) is 0.634. The van der Waals surface area contributed by atoms with Crippen molar-refractivity contribution >= 4 is 34.2 Å². The largest absolute Gasteiger partial charge is 0.462 e. The molecule has 2 heterocycles.